The summed E-state index contributed by atoms with van der Waals surface area (Å²) in [6.45, 7) is -0.470. The number of hydrogen-bond acceptors (Lipinski definition) is 4. The van der Waals surface area contributed by atoms with E-state index in [1.165, 1.54) is 13.2 Å². The molecule has 0 fully saturated rings. The predicted molar refractivity (Wildman–Crippen MR) is 74.0 cm³/mol. The van der Waals surface area contributed by atoms with E-state index >= 15 is 0 Å². The van der Waals surface area contributed by atoms with Gasteiger partial charge in [0, 0.05) is 22.2 Å². The van der Waals surface area contributed by atoms with Crippen molar-refractivity contribution in [3.63, 3.8) is 0 Å². The highest BCUT2D eigenvalue weighted by Gasteiger charge is 2.24. The van der Waals surface area contributed by atoms with Gasteiger partial charge in [-0.25, -0.2) is 8.42 Å². The van der Waals surface area contributed by atoms with Crippen molar-refractivity contribution in [1.29, 1.82) is 0 Å². The van der Waals surface area contributed by atoms with E-state index in [9.17, 15) is 17.6 Å². The Balaban J connectivity index is 3.26. The van der Waals surface area contributed by atoms with Gasteiger partial charge in [-0.15, -0.1) is 0 Å². The van der Waals surface area contributed by atoms with Gasteiger partial charge in [-0.2, -0.15) is 0 Å². The van der Waals surface area contributed by atoms with Gasteiger partial charge in [0.25, 0.3) is 15.0 Å². The van der Waals surface area contributed by atoms with E-state index in [0.717, 1.165) is 6.07 Å². The first kappa shape index (κ1) is 17.0. The Hall–Kier alpha value is -1.05. The summed E-state index contributed by atoms with van der Waals surface area (Å²) in [4.78, 5) is 11.5. The molecule has 0 atom stereocenters. The van der Waals surface area contributed by atoms with Crippen LogP contribution in [-0.4, -0.2) is 34.7 Å². The molecule has 0 radical (unpaired) electrons. The van der Waals surface area contributed by atoms with E-state index in [2.05, 4.69) is 5.32 Å². The number of amides is 1. The molecule has 1 aromatic carbocycles. The molecule has 0 spiro atoms. The average Bonchev–Trinajstić information content (AvgIpc) is 2.36. The lowest BCUT2D eigenvalue weighted by Gasteiger charge is -2.12. The number of carbonyl (C=O) groups is 1. The fourth-order valence-electron chi connectivity index (χ4n) is 1.49. The van der Waals surface area contributed by atoms with Crippen molar-refractivity contribution in [2.24, 2.45) is 0 Å². The predicted octanol–water partition coefficient (Wildman–Crippen LogP) is 2.37. The van der Waals surface area contributed by atoms with Crippen LogP contribution in [0.4, 0.5) is 4.39 Å². The highest BCUT2D eigenvalue weighted by Crippen LogP contribution is 2.33. The average molecular weight is 344 g/mol. The zero-order valence-corrected chi connectivity index (χ0v) is 12.8. The number of ether oxygens (including phenoxy) is 1. The first-order valence-corrected chi connectivity index (χ1v) is 8.16. The van der Waals surface area contributed by atoms with Crippen LogP contribution in [-0.2, 0) is 9.05 Å². The quantitative estimate of drug-likeness (QED) is 0.635. The molecule has 0 heterocycles. The van der Waals surface area contributed by atoms with Gasteiger partial charge in [0.15, 0.2) is 5.75 Å². The van der Waals surface area contributed by atoms with Crippen molar-refractivity contribution >= 4 is 37.2 Å². The van der Waals surface area contributed by atoms with Gasteiger partial charge in [0.05, 0.1) is 19.3 Å². The number of rotatable bonds is 6. The van der Waals surface area contributed by atoms with Crippen molar-refractivity contribution < 1.29 is 22.3 Å². The maximum atomic E-state index is 12.0. The SMILES string of the molecule is COc1c(C(=O)NCCCF)cc(Cl)cc1S(=O)(=O)Cl. The van der Waals surface area contributed by atoms with Crippen LogP contribution in [0.1, 0.15) is 16.8 Å². The van der Waals surface area contributed by atoms with Gasteiger partial charge in [0.2, 0.25) is 0 Å². The molecule has 0 aliphatic heterocycles. The minimum absolute atomic E-state index is 0.0145. The molecule has 0 aliphatic carbocycles. The number of benzene rings is 1. The van der Waals surface area contributed by atoms with Gasteiger partial charge < -0.3 is 10.1 Å². The fraction of sp³-hybridized carbons (Fsp3) is 0.364. The molecule has 0 aromatic heterocycles. The second kappa shape index (κ2) is 7.10. The second-order valence-corrected chi connectivity index (χ2v) is 6.69. The molecular formula is C11H12Cl2FNO4S. The maximum Gasteiger partial charge on any atom is 0.265 e. The Morgan fingerprint density at radius 2 is 2.10 bits per heavy atom. The van der Waals surface area contributed by atoms with Gasteiger partial charge in [-0.1, -0.05) is 11.6 Å². The van der Waals surface area contributed by atoms with E-state index in [-0.39, 0.29) is 29.3 Å². The fourth-order valence-corrected chi connectivity index (χ4v) is 2.80. The van der Waals surface area contributed by atoms with Crippen LogP contribution >= 0.6 is 22.3 Å². The second-order valence-electron chi connectivity index (χ2n) is 3.72. The zero-order valence-electron chi connectivity index (χ0n) is 10.5. The summed E-state index contributed by atoms with van der Waals surface area (Å²) in [5, 5.41) is 2.44. The molecule has 20 heavy (non-hydrogen) atoms. The molecule has 5 nitrogen and oxygen atoms in total. The molecule has 1 amide bonds. The van der Waals surface area contributed by atoms with E-state index in [1.807, 2.05) is 0 Å². The van der Waals surface area contributed by atoms with Gasteiger partial charge in [-0.05, 0) is 18.6 Å². The van der Waals surface area contributed by atoms with Crippen LogP contribution in [0.25, 0.3) is 0 Å². The lowest BCUT2D eigenvalue weighted by molar-refractivity contribution is 0.0949. The van der Waals surface area contributed by atoms with Gasteiger partial charge >= 0.3 is 0 Å². The monoisotopic (exact) mass is 343 g/mol. The molecule has 0 saturated carbocycles. The summed E-state index contributed by atoms with van der Waals surface area (Å²) in [6, 6.07) is 2.33. The topological polar surface area (TPSA) is 72.5 Å². The first-order chi connectivity index (χ1) is 9.31. The van der Waals surface area contributed by atoms with Crippen LogP contribution < -0.4 is 10.1 Å². The van der Waals surface area contributed by atoms with Crippen LogP contribution in [0.15, 0.2) is 17.0 Å². The summed E-state index contributed by atoms with van der Waals surface area (Å²) in [5.74, 6) is -0.832. The number of carbonyl (C=O) groups excluding carboxylic acids is 1. The Bertz CT molecular complexity index is 607. The number of halogens is 3. The normalized spacial score (nSPS) is 11.2. The molecule has 9 heteroatoms. The Morgan fingerprint density at radius 3 is 2.60 bits per heavy atom. The zero-order chi connectivity index (χ0) is 15.3. The van der Waals surface area contributed by atoms with Crippen LogP contribution in [0.2, 0.25) is 5.02 Å². The standard InChI is InChI=1S/C11H12Cl2FNO4S/c1-19-10-8(11(16)15-4-2-3-14)5-7(12)6-9(10)20(13,17)18/h5-6H,2-4H2,1H3,(H,15,16). The van der Waals surface area contributed by atoms with E-state index < -0.39 is 26.5 Å². The summed E-state index contributed by atoms with van der Waals surface area (Å²) in [6.07, 6.45) is 0.148. The third-order valence-electron chi connectivity index (χ3n) is 2.33. The molecular weight excluding hydrogens is 332 g/mol. The molecule has 112 valence electrons. The first-order valence-electron chi connectivity index (χ1n) is 5.47. The lowest BCUT2D eigenvalue weighted by Crippen LogP contribution is -2.25. The van der Waals surface area contributed by atoms with Crippen molar-refractivity contribution in [3.05, 3.63) is 22.7 Å². The molecule has 0 unspecified atom stereocenters. The third kappa shape index (κ3) is 4.22. The number of alkyl halides is 1. The Kier molecular flexibility index (Phi) is 6.04. The molecule has 1 aromatic rings. The molecule has 0 aliphatic rings. The van der Waals surface area contributed by atoms with E-state index in [1.54, 1.807) is 0 Å². The highest BCUT2D eigenvalue weighted by molar-refractivity contribution is 8.13. The van der Waals surface area contributed by atoms with Crippen LogP contribution in [0.3, 0.4) is 0 Å². The summed E-state index contributed by atoms with van der Waals surface area (Å²) >= 11 is 5.77. The summed E-state index contributed by atoms with van der Waals surface area (Å²) in [5.41, 5.74) is -0.0851. The largest absolute Gasteiger partial charge is 0.494 e. The lowest BCUT2D eigenvalue weighted by atomic mass is 10.2. The van der Waals surface area contributed by atoms with Gasteiger partial charge in [0.1, 0.15) is 4.90 Å². The van der Waals surface area contributed by atoms with E-state index in [0.29, 0.717) is 0 Å². The minimum atomic E-state index is -4.13. The molecule has 1 rings (SSSR count). The third-order valence-corrected chi connectivity index (χ3v) is 3.87. The minimum Gasteiger partial charge on any atom is -0.494 e. The van der Waals surface area contributed by atoms with Crippen molar-refractivity contribution in [2.75, 3.05) is 20.3 Å². The Labute approximate surface area is 125 Å². The molecule has 1 N–H and O–H groups in total. The number of methoxy groups -OCH3 is 1. The summed E-state index contributed by atoms with van der Waals surface area (Å²) < 4.78 is 39.8. The number of nitrogens with one attached hydrogen (secondary N) is 1. The maximum absolute atomic E-state index is 12.0. The van der Waals surface area contributed by atoms with E-state index in [4.69, 9.17) is 27.0 Å². The summed E-state index contributed by atoms with van der Waals surface area (Å²) in [7, 11) is 2.35. The van der Waals surface area contributed by atoms with Crippen molar-refractivity contribution in [3.8, 4) is 5.75 Å². The highest BCUT2D eigenvalue weighted by atomic mass is 35.7. The smallest absolute Gasteiger partial charge is 0.265 e. The Morgan fingerprint density at radius 1 is 1.45 bits per heavy atom. The number of hydrogen-bond donors (Lipinski definition) is 1. The van der Waals surface area contributed by atoms with Gasteiger partial charge in [-0.3, -0.25) is 9.18 Å². The molecule has 0 bridgehead atoms. The van der Waals surface area contributed by atoms with Crippen molar-refractivity contribution in [2.45, 2.75) is 11.3 Å². The molecule has 0 saturated heterocycles. The van der Waals surface area contributed by atoms with Crippen LogP contribution in [0.5, 0.6) is 5.75 Å². The van der Waals surface area contributed by atoms with Crippen LogP contribution in [0, 0.1) is 0 Å². The van der Waals surface area contributed by atoms with Crippen molar-refractivity contribution in [1.82, 2.24) is 5.32 Å².